The number of hydrogen-bond donors (Lipinski definition) is 1. The summed E-state index contributed by atoms with van der Waals surface area (Å²) in [5.74, 6) is 1.27. The van der Waals surface area contributed by atoms with Crippen molar-refractivity contribution in [3.05, 3.63) is 0 Å². The van der Waals surface area contributed by atoms with Gasteiger partial charge in [-0.05, 0) is 50.7 Å². The minimum absolute atomic E-state index is 0.135. The maximum atomic E-state index is 11.9. The van der Waals surface area contributed by atoms with Crippen LogP contribution in [0.5, 0.6) is 0 Å². The average molecular weight is 281 g/mol. The summed E-state index contributed by atoms with van der Waals surface area (Å²) in [5.41, 5.74) is 6.25. The molecule has 114 valence electrons. The summed E-state index contributed by atoms with van der Waals surface area (Å²) in [7, 11) is 1.44. The Balaban J connectivity index is 1.85. The van der Waals surface area contributed by atoms with Gasteiger partial charge in [0.1, 0.15) is 6.04 Å². The van der Waals surface area contributed by atoms with Crippen LogP contribution >= 0.6 is 0 Å². The number of esters is 1. The molecule has 0 spiro atoms. The van der Waals surface area contributed by atoms with Crippen molar-refractivity contribution in [3.63, 3.8) is 0 Å². The minimum atomic E-state index is -0.513. The fourth-order valence-electron chi connectivity index (χ4n) is 4.77. The van der Waals surface area contributed by atoms with Gasteiger partial charge < -0.3 is 10.5 Å². The zero-order valence-electron chi connectivity index (χ0n) is 12.6. The SMILES string of the molecule is CCCN1CC2C3CCN(CC3)C2C1C(N)C(=O)OC. The van der Waals surface area contributed by atoms with E-state index in [0.29, 0.717) is 12.0 Å². The standard InChI is InChI=1S/C15H27N3O2/c1-3-6-18-9-11-10-4-7-17(8-5-10)13(11)14(18)12(16)15(19)20-2/h10-14H,3-9,16H2,1-2H3. The van der Waals surface area contributed by atoms with Crippen molar-refractivity contribution in [2.75, 3.05) is 33.3 Å². The lowest BCUT2D eigenvalue weighted by atomic mass is 9.73. The Kier molecular flexibility index (Phi) is 4.02. The molecule has 0 aromatic heterocycles. The number of ether oxygens (including phenoxy) is 1. The van der Waals surface area contributed by atoms with Gasteiger partial charge in [0.25, 0.3) is 0 Å². The smallest absolute Gasteiger partial charge is 0.324 e. The fraction of sp³-hybridized carbons (Fsp3) is 0.933. The lowest BCUT2D eigenvalue weighted by Gasteiger charge is -2.50. The number of nitrogens with zero attached hydrogens (tertiary/aromatic N) is 2. The van der Waals surface area contributed by atoms with Gasteiger partial charge in [0.2, 0.25) is 0 Å². The zero-order valence-corrected chi connectivity index (χ0v) is 12.6. The first-order valence-corrected chi connectivity index (χ1v) is 7.98. The van der Waals surface area contributed by atoms with E-state index in [9.17, 15) is 4.79 Å². The number of nitrogens with two attached hydrogens (primary N) is 1. The van der Waals surface area contributed by atoms with E-state index in [1.165, 1.54) is 33.0 Å². The van der Waals surface area contributed by atoms with E-state index in [0.717, 1.165) is 25.4 Å². The monoisotopic (exact) mass is 281 g/mol. The minimum Gasteiger partial charge on any atom is -0.468 e. The van der Waals surface area contributed by atoms with Gasteiger partial charge in [0.05, 0.1) is 13.2 Å². The van der Waals surface area contributed by atoms with Gasteiger partial charge >= 0.3 is 5.97 Å². The average Bonchev–Trinajstić information content (AvgIpc) is 2.88. The predicted molar refractivity (Wildman–Crippen MR) is 77.2 cm³/mol. The largest absolute Gasteiger partial charge is 0.468 e. The topological polar surface area (TPSA) is 58.8 Å². The molecule has 4 unspecified atom stereocenters. The second-order valence-electron chi connectivity index (χ2n) is 6.56. The van der Waals surface area contributed by atoms with Crippen LogP contribution in [0.25, 0.3) is 0 Å². The summed E-state index contributed by atoms with van der Waals surface area (Å²) in [6.07, 6.45) is 3.75. The molecule has 0 saturated carbocycles. The van der Waals surface area contributed by atoms with Crippen LogP contribution in [0.4, 0.5) is 0 Å². The number of fused-ring (bicyclic) bond motifs is 2. The number of methoxy groups -OCH3 is 1. The summed E-state index contributed by atoms with van der Waals surface area (Å²) < 4.78 is 4.90. The van der Waals surface area contributed by atoms with E-state index in [1.807, 2.05) is 0 Å². The van der Waals surface area contributed by atoms with Crippen LogP contribution in [0.1, 0.15) is 26.2 Å². The molecule has 5 heteroatoms. The molecule has 5 nitrogen and oxygen atoms in total. The Bertz CT molecular complexity index is 368. The number of likely N-dealkylation sites (tertiary alicyclic amines) is 1. The molecule has 0 aromatic rings. The number of rotatable bonds is 4. The summed E-state index contributed by atoms with van der Waals surface area (Å²) >= 11 is 0. The molecule has 4 saturated heterocycles. The molecule has 4 atom stereocenters. The van der Waals surface area contributed by atoms with Crippen molar-refractivity contribution in [3.8, 4) is 0 Å². The molecule has 4 fully saturated rings. The highest BCUT2D eigenvalue weighted by molar-refractivity contribution is 5.76. The fourth-order valence-corrected chi connectivity index (χ4v) is 4.77. The lowest BCUT2D eigenvalue weighted by molar-refractivity contribution is -0.144. The normalized spacial score (nSPS) is 41.5. The van der Waals surface area contributed by atoms with E-state index in [-0.39, 0.29) is 12.0 Å². The quantitative estimate of drug-likeness (QED) is 0.751. The van der Waals surface area contributed by atoms with E-state index >= 15 is 0 Å². The highest BCUT2D eigenvalue weighted by atomic mass is 16.5. The number of piperidine rings is 3. The van der Waals surface area contributed by atoms with E-state index < -0.39 is 6.04 Å². The molecule has 0 aliphatic carbocycles. The van der Waals surface area contributed by atoms with Gasteiger partial charge in [0.15, 0.2) is 0 Å². The predicted octanol–water partition coefficient (Wildman–Crippen LogP) is 0.291. The molecule has 2 bridgehead atoms. The highest BCUT2D eigenvalue weighted by Crippen LogP contribution is 2.44. The van der Waals surface area contributed by atoms with Crippen LogP contribution < -0.4 is 5.73 Å². The Morgan fingerprint density at radius 2 is 2.10 bits per heavy atom. The Hall–Kier alpha value is -0.650. The van der Waals surface area contributed by atoms with Crippen molar-refractivity contribution < 1.29 is 9.53 Å². The van der Waals surface area contributed by atoms with E-state index in [1.54, 1.807) is 0 Å². The lowest BCUT2D eigenvalue weighted by Crippen LogP contribution is -2.62. The Morgan fingerprint density at radius 3 is 2.70 bits per heavy atom. The maximum absolute atomic E-state index is 11.9. The van der Waals surface area contributed by atoms with Crippen LogP contribution in [0.3, 0.4) is 0 Å². The van der Waals surface area contributed by atoms with Crippen LogP contribution in [-0.2, 0) is 9.53 Å². The van der Waals surface area contributed by atoms with Gasteiger partial charge in [0, 0.05) is 12.6 Å². The summed E-state index contributed by atoms with van der Waals surface area (Å²) in [5, 5.41) is 0. The number of carbonyl (C=O) groups is 1. The Labute approximate surface area is 121 Å². The second-order valence-corrected chi connectivity index (χ2v) is 6.56. The van der Waals surface area contributed by atoms with Gasteiger partial charge in [-0.25, -0.2) is 0 Å². The third-order valence-corrected chi connectivity index (χ3v) is 5.61. The summed E-state index contributed by atoms with van der Waals surface area (Å²) in [6, 6.07) is 0.0829. The molecule has 0 aromatic carbocycles. The van der Waals surface area contributed by atoms with Gasteiger partial charge in [-0.3, -0.25) is 14.6 Å². The summed E-state index contributed by atoms with van der Waals surface area (Å²) in [4.78, 5) is 17.0. The molecule has 20 heavy (non-hydrogen) atoms. The van der Waals surface area contributed by atoms with Crippen molar-refractivity contribution in [1.29, 1.82) is 0 Å². The molecule has 4 aliphatic heterocycles. The molecule has 0 amide bonds. The van der Waals surface area contributed by atoms with Gasteiger partial charge in [-0.1, -0.05) is 6.92 Å². The first-order valence-electron chi connectivity index (χ1n) is 7.98. The van der Waals surface area contributed by atoms with E-state index in [2.05, 4.69) is 16.7 Å². The number of hydrogen-bond acceptors (Lipinski definition) is 5. The second kappa shape index (κ2) is 5.62. The van der Waals surface area contributed by atoms with Gasteiger partial charge in [-0.2, -0.15) is 0 Å². The number of carbonyl (C=O) groups excluding carboxylic acids is 1. The zero-order chi connectivity index (χ0) is 14.3. The third kappa shape index (κ3) is 2.16. The third-order valence-electron chi connectivity index (χ3n) is 5.61. The summed E-state index contributed by atoms with van der Waals surface area (Å²) in [6.45, 7) is 6.68. The molecule has 2 N–H and O–H groups in total. The van der Waals surface area contributed by atoms with Crippen LogP contribution in [0.2, 0.25) is 0 Å². The van der Waals surface area contributed by atoms with Gasteiger partial charge in [-0.15, -0.1) is 0 Å². The molecule has 4 heterocycles. The molecular formula is C15H27N3O2. The van der Waals surface area contributed by atoms with Crippen LogP contribution in [0, 0.1) is 11.8 Å². The van der Waals surface area contributed by atoms with Crippen molar-refractivity contribution in [2.24, 2.45) is 17.6 Å². The van der Waals surface area contributed by atoms with Crippen LogP contribution in [-0.4, -0.2) is 67.2 Å². The van der Waals surface area contributed by atoms with Crippen molar-refractivity contribution in [1.82, 2.24) is 9.80 Å². The van der Waals surface area contributed by atoms with Crippen LogP contribution in [0.15, 0.2) is 0 Å². The van der Waals surface area contributed by atoms with E-state index in [4.69, 9.17) is 10.5 Å². The highest BCUT2D eigenvalue weighted by Gasteiger charge is 2.54. The molecular weight excluding hydrogens is 254 g/mol. The molecule has 4 rings (SSSR count). The van der Waals surface area contributed by atoms with Crippen molar-refractivity contribution in [2.45, 2.75) is 44.3 Å². The Morgan fingerprint density at radius 1 is 1.40 bits per heavy atom. The first-order chi connectivity index (χ1) is 9.67. The maximum Gasteiger partial charge on any atom is 0.324 e. The first kappa shape index (κ1) is 14.3. The molecule has 4 aliphatic rings. The van der Waals surface area contributed by atoms with Crippen molar-refractivity contribution >= 4 is 5.97 Å². The molecule has 0 radical (unpaired) electrons.